The minimum atomic E-state index is -0.227. The second-order valence-electron chi connectivity index (χ2n) is 7.00. The number of piperidine rings is 1. The molecule has 1 saturated heterocycles. The Bertz CT molecular complexity index is 826. The molecule has 5 nitrogen and oxygen atoms in total. The maximum atomic E-state index is 12.8. The third-order valence-corrected chi connectivity index (χ3v) is 6.27. The van der Waals surface area contributed by atoms with Crippen LogP contribution in [-0.4, -0.2) is 28.4 Å². The second kappa shape index (κ2) is 6.26. The van der Waals surface area contributed by atoms with Gasteiger partial charge in [0.2, 0.25) is 5.91 Å². The van der Waals surface area contributed by atoms with E-state index in [1.165, 1.54) is 0 Å². The molecule has 1 aliphatic carbocycles. The second-order valence-corrected chi connectivity index (χ2v) is 7.86. The average Bonchev–Trinajstić information content (AvgIpc) is 3.01. The van der Waals surface area contributed by atoms with Gasteiger partial charge in [-0.2, -0.15) is 0 Å². The summed E-state index contributed by atoms with van der Waals surface area (Å²) in [5.41, 5.74) is 2.35. The predicted octanol–water partition coefficient (Wildman–Crippen LogP) is 3.05. The molecule has 2 aromatic rings. The number of aromatic nitrogens is 1. The van der Waals surface area contributed by atoms with Gasteiger partial charge in [0.1, 0.15) is 5.01 Å². The fraction of sp³-hybridized carbons (Fsp3) is 0.421. The van der Waals surface area contributed by atoms with E-state index in [0.29, 0.717) is 18.4 Å². The molecule has 1 aliphatic heterocycles. The van der Waals surface area contributed by atoms with Crippen LogP contribution in [0.4, 0.5) is 0 Å². The number of hydrogen-bond acceptors (Lipinski definition) is 4. The van der Waals surface area contributed by atoms with Gasteiger partial charge in [-0.15, -0.1) is 11.3 Å². The summed E-state index contributed by atoms with van der Waals surface area (Å²) < 4.78 is 0. The Morgan fingerprint density at radius 3 is 2.92 bits per heavy atom. The van der Waals surface area contributed by atoms with Gasteiger partial charge in [-0.3, -0.25) is 9.59 Å². The van der Waals surface area contributed by atoms with E-state index in [4.69, 9.17) is 0 Å². The lowest BCUT2D eigenvalue weighted by molar-refractivity contribution is -0.127. The minimum Gasteiger partial charge on any atom is -0.349 e. The van der Waals surface area contributed by atoms with Crippen molar-refractivity contribution in [2.75, 3.05) is 0 Å². The number of nitrogens with zero attached hydrogens (tertiary/aromatic N) is 1. The highest BCUT2D eigenvalue weighted by atomic mass is 32.1. The van der Waals surface area contributed by atoms with Crippen LogP contribution >= 0.6 is 11.3 Å². The van der Waals surface area contributed by atoms with Crippen molar-refractivity contribution in [3.63, 3.8) is 0 Å². The van der Waals surface area contributed by atoms with E-state index in [9.17, 15) is 9.59 Å². The third kappa shape index (κ3) is 3.06. The van der Waals surface area contributed by atoms with Crippen LogP contribution in [-0.2, 0) is 4.79 Å². The number of nitrogens with one attached hydrogen (secondary N) is 2. The molecule has 1 unspecified atom stereocenters. The highest BCUT2D eigenvalue weighted by Crippen LogP contribution is 2.39. The van der Waals surface area contributed by atoms with Crippen LogP contribution in [0.25, 0.3) is 10.6 Å². The predicted molar refractivity (Wildman–Crippen MR) is 97.5 cm³/mol. The van der Waals surface area contributed by atoms with Crippen LogP contribution in [0.1, 0.15) is 48.2 Å². The summed E-state index contributed by atoms with van der Waals surface area (Å²) in [6.07, 6.45) is 4.18. The molecule has 1 saturated carbocycles. The van der Waals surface area contributed by atoms with Crippen LogP contribution in [0.3, 0.4) is 0 Å². The summed E-state index contributed by atoms with van der Waals surface area (Å²) in [4.78, 5) is 29.0. The standard InChI is InChI=1S/C19H21N3O2S/c1-12-11-25-18(20-12)14-5-2-4-13(10-14)17(24)21-15-6-7-16(23)22-19(15)8-3-9-19/h2,4-5,10-11,15H,3,6-9H2,1H3,(H,21,24)(H,22,23). The van der Waals surface area contributed by atoms with Gasteiger partial charge in [-0.1, -0.05) is 12.1 Å². The molecule has 1 aromatic heterocycles. The maximum Gasteiger partial charge on any atom is 0.251 e. The molecule has 4 rings (SSSR count). The fourth-order valence-electron chi connectivity index (χ4n) is 3.74. The quantitative estimate of drug-likeness (QED) is 0.889. The molecule has 1 aromatic carbocycles. The first kappa shape index (κ1) is 16.3. The Kier molecular flexibility index (Phi) is 4.07. The number of rotatable bonds is 3. The largest absolute Gasteiger partial charge is 0.349 e. The van der Waals surface area contributed by atoms with Gasteiger partial charge in [-0.05, 0) is 44.7 Å². The van der Waals surface area contributed by atoms with Crippen LogP contribution in [0.2, 0.25) is 0 Å². The Balaban J connectivity index is 1.52. The Labute approximate surface area is 150 Å². The van der Waals surface area contributed by atoms with Crippen LogP contribution in [0.5, 0.6) is 0 Å². The number of thiazole rings is 1. The molecule has 130 valence electrons. The van der Waals surface area contributed by atoms with Gasteiger partial charge in [0, 0.05) is 28.6 Å². The van der Waals surface area contributed by atoms with Crippen LogP contribution in [0.15, 0.2) is 29.6 Å². The summed E-state index contributed by atoms with van der Waals surface area (Å²) in [6.45, 7) is 1.96. The van der Waals surface area contributed by atoms with Crippen molar-refractivity contribution in [1.29, 1.82) is 0 Å². The van der Waals surface area contributed by atoms with Gasteiger partial charge in [0.25, 0.3) is 5.91 Å². The molecule has 2 N–H and O–H groups in total. The molecular formula is C19H21N3O2S. The minimum absolute atomic E-state index is 0.0113. The van der Waals surface area contributed by atoms with Crippen molar-refractivity contribution in [3.05, 3.63) is 40.9 Å². The monoisotopic (exact) mass is 355 g/mol. The van der Waals surface area contributed by atoms with E-state index in [-0.39, 0.29) is 23.4 Å². The Hall–Kier alpha value is -2.21. The first-order valence-electron chi connectivity index (χ1n) is 8.70. The van der Waals surface area contributed by atoms with Crippen molar-refractivity contribution < 1.29 is 9.59 Å². The number of carbonyl (C=O) groups excluding carboxylic acids is 2. The van der Waals surface area contributed by atoms with E-state index < -0.39 is 0 Å². The Morgan fingerprint density at radius 2 is 2.24 bits per heavy atom. The molecule has 1 spiro atoms. The molecule has 25 heavy (non-hydrogen) atoms. The highest BCUT2D eigenvalue weighted by Gasteiger charge is 2.48. The van der Waals surface area contributed by atoms with E-state index in [1.54, 1.807) is 11.3 Å². The van der Waals surface area contributed by atoms with Crippen molar-refractivity contribution >= 4 is 23.2 Å². The van der Waals surface area contributed by atoms with Gasteiger partial charge in [0.05, 0.1) is 11.6 Å². The van der Waals surface area contributed by atoms with Crippen LogP contribution < -0.4 is 10.6 Å². The summed E-state index contributed by atoms with van der Waals surface area (Å²) in [6, 6.07) is 7.60. The molecule has 6 heteroatoms. The first-order valence-corrected chi connectivity index (χ1v) is 9.58. The number of carbonyl (C=O) groups is 2. The Morgan fingerprint density at radius 1 is 1.40 bits per heavy atom. The molecule has 1 atom stereocenters. The molecule has 2 fully saturated rings. The zero-order valence-corrected chi connectivity index (χ0v) is 15.0. The summed E-state index contributed by atoms with van der Waals surface area (Å²) >= 11 is 1.58. The van der Waals surface area contributed by atoms with Crippen molar-refractivity contribution in [1.82, 2.24) is 15.6 Å². The first-order chi connectivity index (χ1) is 12.1. The molecule has 0 radical (unpaired) electrons. The van der Waals surface area contributed by atoms with Crippen molar-refractivity contribution in [2.45, 2.75) is 50.6 Å². The smallest absolute Gasteiger partial charge is 0.251 e. The zero-order chi connectivity index (χ0) is 17.4. The SMILES string of the molecule is Cc1csc(-c2cccc(C(=O)NC3CCC(=O)NC34CCC4)c2)n1. The maximum absolute atomic E-state index is 12.8. The fourth-order valence-corrected chi connectivity index (χ4v) is 4.54. The normalized spacial score (nSPS) is 21.5. The summed E-state index contributed by atoms with van der Waals surface area (Å²) in [7, 11) is 0. The van der Waals surface area contributed by atoms with Gasteiger partial charge < -0.3 is 10.6 Å². The number of aryl methyl sites for hydroxylation is 1. The van der Waals surface area contributed by atoms with Gasteiger partial charge in [0.15, 0.2) is 0 Å². The van der Waals surface area contributed by atoms with E-state index in [0.717, 1.165) is 35.5 Å². The van der Waals surface area contributed by atoms with E-state index in [2.05, 4.69) is 15.6 Å². The molecular weight excluding hydrogens is 334 g/mol. The lowest BCUT2D eigenvalue weighted by atomic mass is 9.68. The van der Waals surface area contributed by atoms with Crippen molar-refractivity contribution in [3.8, 4) is 10.6 Å². The number of benzene rings is 1. The lowest BCUT2D eigenvalue weighted by Crippen LogP contribution is -2.68. The zero-order valence-electron chi connectivity index (χ0n) is 14.2. The third-order valence-electron chi connectivity index (χ3n) is 5.26. The number of hydrogen-bond donors (Lipinski definition) is 2. The van der Waals surface area contributed by atoms with Crippen molar-refractivity contribution in [2.24, 2.45) is 0 Å². The molecule has 2 heterocycles. The topological polar surface area (TPSA) is 71.1 Å². The average molecular weight is 355 g/mol. The van der Waals surface area contributed by atoms with E-state index in [1.807, 2.05) is 36.6 Å². The summed E-state index contributed by atoms with van der Waals surface area (Å²) in [5.74, 6) is 0.0221. The van der Waals surface area contributed by atoms with E-state index >= 15 is 0 Å². The number of amides is 2. The molecule has 2 amide bonds. The van der Waals surface area contributed by atoms with Crippen LogP contribution in [0, 0.1) is 6.92 Å². The molecule has 2 aliphatic rings. The molecule has 0 bridgehead atoms. The lowest BCUT2D eigenvalue weighted by Gasteiger charge is -2.50. The van der Waals surface area contributed by atoms with Gasteiger partial charge in [-0.25, -0.2) is 4.98 Å². The van der Waals surface area contributed by atoms with Gasteiger partial charge >= 0.3 is 0 Å². The summed E-state index contributed by atoms with van der Waals surface area (Å²) in [5, 5.41) is 9.21. The highest BCUT2D eigenvalue weighted by molar-refractivity contribution is 7.13.